The fourth-order valence-corrected chi connectivity index (χ4v) is 2.39. The molecule has 1 N–H and O–H groups in total. The van der Waals surface area contributed by atoms with Gasteiger partial charge in [0, 0.05) is 24.9 Å². The number of carbonyl (C=O) groups is 1. The van der Waals surface area contributed by atoms with Crippen molar-refractivity contribution >= 4 is 23.3 Å². The summed E-state index contributed by atoms with van der Waals surface area (Å²) in [5.74, 6) is 0.913. The van der Waals surface area contributed by atoms with Gasteiger partial charge in [-0.25, -0.2) is 0 Å². The van der Waals surface area contributed by atoms with E-state index in [0.29, 0.717) is 28.8 Å². The molecule has 122 valence electrons. The SMILES string of the molecule is Cn1ccc(NC(=O)c2cccc(COc3ccccc3Cl)c2)n1. The second-order valence-corrected chi connectivity index (χ2v) is 5.66. The van der Waals surface area contributed by atoms with Gasteiger partial charge in [0.1, 0.15) is 12.4 Å². The van der Waals surface area contributed by atoms with Crippen LogP contribution < -0.4 is 10.1 Å². The van der Waals surface area contributed by atoms with Crippen LogP contribution in [0.15, 0.2) is 60.8 Å². The number of aryl methyl sites for hydroxylation is 1. The minimum atomic E-state index is -0.215. The predicted octanol–water partition coefficient (Wildman–Crippen LogP) is 3.90. The number of halogens is 1. The molecule has 0 spiro atoms. The first-order valence-electron chi connectivity index (χ1n) is 7.39. The molecular weight excluding hydrogens is 326 g/mol. The summed E-state index contributed by atoms with van der Waals surface area (Å²) in [6, 6.07) is 16.3. The molecular formula is C18H16ClN3O2. The van der Waals surface area contributed by atoms with Gasteiger partial charge >= 0.3 is 0 Å². The average molecular weight is 342 g/mol. The third-order valence-electron chi connectivity index (χ3n) is 3.38. The molecule has 0 aliphatic heterocycles. The zero-order valence-corrected chi connectivity index (χ0v) is 13.8. The van der Waals surface area contributed by atoms with Crippen molar-refractivity contribution in [3.63, 3.8) is 0 Å². The van der Waals surface area contributed by atoms with Crippen molar-refractivity contribution in [1.29, 1.82) is 0 Å². The molecule has 3 rings (SSSR count). The number of benzene rings is 2. The summed E-state index contributed by atoms with van der Waals surface area (Å²) in [6.07, 6.45) is 1.77. The number of para-hydroxylation sites is 1. The van der Waals surface area contributed by atoms with Crippen LogP contribution in [0.2, 0.25) is 5.02 Å². The maximum atomic E-state index is 12.3. The van der Waals surface area contributed by atoms with Gasteiger partial charge in [-0.3, -0.25) is 9.48 Å². The van der Waals surface area contributed by atoms with Gasteiger partial charge in [0.2, 0.25) is 0 Å². The van der Waals surface area contributed by atoms with Gasteiger partial charge in [0.25, 0.3) is 5.91 Å². The monoisotopic (exact) mass is 341 g/mol. The van der Waals surface area contributed by atoms with E-state index in [2.05, 4.69) is 10.4 Å². The molecule has 2 aromatic carbocycles. The number of ether oxygens (including phenoxy) is 1. The van der Waals surface area contributed by atoms with Crippen molar-refractivity contribution in [2.24, 2.45) is 7.05 Å². The number of rotatable bonds is 5. The summed E-state index contributed by atoms with van der Waals surface area (Å²) in [5.41, 5.74) is 1.42. The Bertz CT molecular complexity index is 861. The van der Waals surface area contributed by atoms with Crippen LogP contribution in [-0.4, -0.2) is 15.7 Å². The summed E-state index contributed by atoms with van der Waals surface area (Å²) in [4.78, 5) is 12.3. The lowest BCUT2D eigenvalue weighted by atomic mass is 10.1. The Morgan fingerprint density at radius 2 is 2.04 bits per heavy atom. The van der Waals surface area contributed by atoms with Crippen molar-refractivity contribution in [2.75, 3.05) is 5.32 Å². The van der Waals surface area contributed by atoms with E-state index in [1.165, 1.54) is 0 Å². The van der Waals surface area contributed by atoms with Crippen LogP contribution in [0.4, 0.5) is 5.82 Å². The first-order valence-corrected chi connectivity index (χ1v) is 7.77. The van der Waals surface area contributed by atoms with Crippen molar-refractivity contribution < 1.29 is 9.53 Å². The Morgan fingerprint density at radius 1 is 1.21 bits per heavy atom. The Kier molecular flexibility index (Phi) is 4.82. The molecule has 3 aromatic rings. The van der Waals surface area contributed by atoms with Crippen molar-refractivity contribution in [2.45, 2.75) is 6.61 Å². The molecule has 1 amide bonds. The van der Waals surface area contributed by atoms with Crippen molar-refractivity contribution in [3.05, 3.63) is 76.9 Å². The Balaban J connectivity index is 1.67. The van der Waals surface area contributed by atoms with Gasteiger partial charge in [-0.2, -0.15) is 5.10 Å². The largest absolute Gasteiger partial charge is 0.487 e. The molecule has 0 radical (unpaired) electrons. The molecule has 0 saturated carbocycles. The zero-order valence-electron chi connectivity index (χ0n) is 13.1. The topological polar surface area (TPSA) is 56.2 Å². The fraction of sp³-hybridized carbons (Fsp3) is 0.111. The van der Waals surface area contributed by atoms with E-state index >= 15 is 0 Å². The van der Waals surface area contributed by atoms with Crippen LogP contribution in [0.25, 0.3) is 0 Å². The van der Waals surface area contributed by atoms with Gasteiger partial charge in [0.15, 0.2) is 5.82 Å². The highest BCUT2D eigenvalue weighted by Gasteiger charge is 2.09. The van der Waals surface area contributed by atoms with Gasteiger partial charge in [0.05, 0.1) is 5.02 Å². The molecule has 0 aliphatic carbocycles. The highest BCUT2D eigenvalue weighted by molar-refractivity contribution is 6.32. The molecule has 0 aliphatic rings. The zero-order chi connectivity index (χ0) is 16.9. The summed E-state index contributed by atoms with van der Waals surface area (Å²) in [6.45, 7) is 0.328. The molecule has 6 heteroatoms. The lowest BCUT2D eigenvalue weighted by molar-refractivity contribution is 0.102. The number of anilines is 1. The minimum absolute atomic E-state index is 0.215. The van der Waals surface area contributed by atoms with Crippen molar-refractivity contribution in [3.8, 4) is 5.75 Å². The second kappa shape index (κ2) is 7.19. The smallest absolute Gasteiger partial charge is 0.256 e. The molecule has 24 heavy (non-hydrogen) atoms. The van der Waals surface area contributed by atoms with Gasteiger partial charge in [-0.1, -0.05) is 35.9 Å². The minimum Gasteiger partial charge on any atom is -0.487 e. The summed E-state index contributed by atoms with van der Waals surface area (Å²) < 4.78 is 7.33. The Hall–Kier alpha value is -2.79. The summed E-state index contributed by atoms with van der Waals surface area (Å²) >= 11 is 6.07. The van der Waals surface area contributed by atoms with Crippen LogP contribution in [-0.2, 0) is 13.7 Å². The predicted molar refractivity (Wildman–Crippen MR) is 93.4 cm³/mol. The van der Waals surface area contributed by atoms with E-state index in [9.17, 15) is 4.79 Å². The Labute approximate surface area is 144 Å². The maximum absolute atomic E-state index is 12.3. The number of hydrogen-bond acceptors (Lipinski definition) is 3. The second-order valence-electron chi connectivity index (χ2n) is 5.25. The normalized spacial score (nSPS) is 10.4. The maximum Gasteiger partial charge on any atom is 0.256 e. The van der Waals surface area contributed by atoms with E-state index in [-0.39, 0.29) is 5.91 Å². The first-order chi connectivity index (χ1) is 11.6. The van der Waals surface area contributed by atoms with E-state index < -0.39 is 0 Å². The molecule has 0 saturated heterocycles. The highest BCUT2D eigenvalue weighted by Crippen LogP contribution is 2.24. The number of nitrogens with zero attached hydrogens (tertiary/aromatic N) is 2. The number of nitrogens with one attached hydrogen (secondary N) is 1. The quantitative estimate of drug-likeness (QED) is 0.765. The third kappa shape index (κ3) is 3.94. The first kappa shape index (κ1) is 16.1. The molecule has 0 bridgehead atoms. The highest BCUT2D eigenvalue weighted by atomic mass is 35.5. The standard InChI is InChI=1S/C18H16ClN3O2/c1-22-10-9-17(21-22)20-18(23)14-6-4-5-13(11-14)12-24-16-8-3-2-7-15(16)19/h2-11H,12H2,1H3,(H,20,21,23). The third-order valence-corrected chi connectivity index (χ3v) is 3.69. The van der Waals surface area contributed by atoms with Gasteiger partial charge < -0.3 is 10.1 Å². The van der Waals surface area contributed by atoms with E-state index in [1.54, 1.807) is 48.3 Å². The number of hydrogen-bond donors (Lipinski definition) is 1. The average Bonchev–Trinajstić information content (AvgIpc) is 2.99. The van der Waals surface area contributed by atoms with Gasteiger partial charge in [-0.15, -0.1) is 0 Å². The number of carbonyl (C=O) groups excluding carboxylic acids is 1. The van der Waals surface area contributed by atoms with E-state index in [1.807, 2.05) is 24.3 Å². The van der Waals surface area contributed by atoms with Crippen LogP contribution >= 0.6 is 11.6 Å². The van der Waals surface area contributed by atoms with Crippen molar-refractivity contribution in [1.82, 2.24) is 9.78 Å². The van der Waals surface area contributed by atoms with Crippen LogP contribution in [0, 0.1) is 0 Å². The molecule has 1 heterocycles. The summed E-state index contributed by atoms with van der Waals surface area (Å²) in [5, 5.41) is 7.44. The number of amides is 1. The Morgan fingerprint density at radius 3 is 2.79 bits per heavy atom. The van der Waals surface area contributed by atoms with Crippen LogP contribution in [0.3, 0.4) is 0 Å². The van der Waals surface area contributed by atoms with Crippen LogP contribution in [0.1, 0.15) is 15.9 Å². The van der Waals surface area contributed by atoms with E-state index in [4.69, 9.17) is 16.3 Å². The molecule has 0 fully saturated rings. The molecule has 5 nitrogen and oxygen atoms in total. The molecule has 1 aromatic heterocycles. The molecule has 0 unspecified atom stereocenters. The van der Waals surface area contributed by atoms with Gasteiger partial charge in [-0.05, 0) is 29.8 Å². The fourth-order valence-electron chi connectivity index (χ4n) is 2.20. The molecule has 0 atom stereocenters. The van der Waals surface area contributed by atoms with E-state index in [0.717, 1.165) is 5.56 Å². The number of aromatic nitrogens is 2. The lowest BCUT2D eigenvalue weighted by Crippen LogP contribution is -2.13. The lowest BCUT2D eigenvalue weighted by Gasteiger charge is -2.09. The van der Waals surface area contributed by atoms with Crippen LogP contribution in [0.5, 0.6) is 5.75 Å². The summed E-state index contributed by atoms with van der Waals surface area (Å²) in [7, 11) is 1.79.